The number of nitrogens with zero attached hydrogens (tertiary/aromatic N) is 2. The molecule has 2 unspecified atom stereocenters. The zero-order chi connectivity index (χ0) is 44.9. The third-order valence-electron chi connectivity index (χ3n) is 10.9. The summed E-state index contributed by atoms with van der Waals surface area (Å²) in [6.45, 7) is 10.6. The average Bonchev–Trinajstić information content (AvgIpc) is 3.30. The fraction of sp³-hybridized carbons (Fsp3) is 0.360. The van der Waals surface area contributed by atoms with E-state index in [-0.39, 0.29) is 35.6 Å². The number of amides is 2. The Morgan fingerprint density at radius 3 is 1.41 bits per heavy atom. The molecule has 2 heterocycles. The van der Waals surface area contributed by atoms with E-state index in [2.05, 4.69) is 0 Å². The first-order chi connectivity index (χ1) is 30.6. The summed E-state index contributed by atoms with van der Waals surface area (Å²) in [5.41, 5.74) is 4.27. The van der Waals surface area contributed by atoms with Crippen LogP contribution < -0.4 is 9.47 Å². The van der Waals surface area contributed by atoms with Gasteiger partial charge in [-0.3, -0.25) is 19.2 Å². The zero-order valence-corrected chi connectivity index (χ0v) is 38.5. The van der Waals surface area contributed by atoms with Crippen LogP contribution in [0.5, 0.6) is 11.5 Å². The molecule has 10 nitrogen and oxygen atoms in total. The monoisotopic (exact) mass is 912 g/mol. The predicted molar refractivity (Wildman–Crippen MR) is 250 cm³/mol. The van der Waals surface area contributed by atoms with Crippen molar-refractivity contribution in [3.63, 3.8) is 0 Å². The van der Waals surface area contributed by atoms with E-state index < -0.39 is 0 Å². The molecule has 0 radical (unpaired) electrons. The molecule has 4 aromatic rings. The number of hydrogen-bond acceptors (Lipinski definition) is 9. The highest BCUT2D eigenvalue weighted by atomic mass is 35.5. The highest BCUT2D eigenvalue weighted by molar-refractivity contribution is 7.99. The van der Waals surface area contributed by atoms with Gasteiger partial charge >= 0.3 is 11.9 Å². The van der Waals surface area contributed by atoms with Crippen molar-refractivity contribution in [1.82, 2.24) is 9.80 Å². The van der Waals surface area contributed by atoms with Crippen molar-refractivity contribution >= 4 is 70.9 Å². The molecule has 0 saturated carbocycles. The highest BCUT2D eigenvalue weighted by Crippen LogP contribution is 2.48. The van der Waals surface area contributed by atoms with Gasteiger partial charge in [-0.05, 0) is 101 Å². The van der Waals surface area contributed by atoms with Crippen LogP contribution in [0.2, 0.25) is 10.0 Å². The molecule has 13 heteroatoms. The number of para-hydroxylation sites is 2. The Bertz CT molecular complexity index is 2190. The molecule has 332 valence electrons. The number of benzene rings is 4. The van der Waals surface area contributed by atoms with E-state index in [1.165, 1.54) is 23.9 Å². The minimum atomic E-state index is -0.352. The molecule has 0 aromatic heterocycles. The second-order valence-electron chi connectivity index (χ2n) is 15.1. The maximum Gasteiger partial charge on any atom is 0.310 e. The molecule has 0 N–H and O–H groups in total. The van der Waals surface area contributed by atoms with Gasteiger partial charge < -0.3 is 28.7 Å². The number of hydrogen-bond donors (Lipinski definition) is 0. The van der Waals surface area contributed by atoms with Gasteiger partial charge in [0.15, 0.2) is 0 Å². The molecule has 2 aliphatic rings. The molecule has 2 fully saturated rings. The summed E-state index contributed by atoms with van der Waals surface area (Å²) in [4.78, 5) is 56.9. The summed E-state index contributed by atoms with van der Waals surface area (Å²) in [7, 11) is 0. The summed E-state index contributed by atoms with van der Waals surface area (Å²) < 4.78 is 22.6. The molecule has 2 atom stereocenters. The number of ether oxygens (including phenoxy) is 4. The summed E-state index contributed by atoms with van der Waals surface area (Å²) in [6, 6.07) is 22.9. The molecule has 6 rings (SSSR count). The summed E-state index contributed by atoms with van der Waals surface area (Å²) in [5, 5.41) is 0.873. The van der Waals surface area contributed by atoms with Crippen molar-refractivity contribution in [2.45, 2.75) is 63.2 Å². The summed E-state index contributed by atoms with van der Waals surface area (Å²) in [5.74, 6) is -0.399. The van der Waals surface area contributed by atoms with Crippen LogP contribution in [-0.4, -0.2) is 86.2 Å². The van der Waals surface area contributed by atoms with Gasteiger partial charge in [-0.2, -0.15) is 0 Å². The number of carbonyl (C=O) groups excluding carboxylic acids is 4. The van der Waals surface area contributed by atoms with Crippen LogP contribution in [0.25, 0.3) is 34.4 Å². The lowest BCUT2D eigenvalue weighted by atomic mass is 9.97. The van der Waals surface area contributed by atoms with Crippen LogP contribution in [0, 0.1) is 11.8 Å². The zero-order valence-electron chi connectivity index (χ0n) is 36.2. The molecule has 0 bridgehead atoms. The van der Waals surface area contributed by atoms with E-state index in [0.29, 0.717) is 132 Å². The molecule has 63 heavy (non-hydrogen) atoms. The van der Waals surface area contributed by atoms with Crippen LogP contribution in [0.4, 0.5) is 0 Å². The van der Waals surface area contributed by atoms with Crippen molar-refractivity contribution in [3.05, 3.63) is 106 Å². The van der Waals surface area contributed by atoms with Crippen LogP contribution in [0.1, 0.15) is 64.5 Å². The van der Waals surface area contributed by atoms with E-state index in [9.17, 15) is 19.2 Å². The largest absolute Gasteiger partial charge is 0.493 e. The number of halogens is 2. The Labute approximate surface area is 384 Å². The Balaban J connectivity index is 1.37. The molecule has 2 amide bonds. The quantitative estimate of drug-likeness (QED) is 0.0801. The minimum absolute atomic E-state index is 0.207. The first-order valence-electron chi connectivity index (χ1n) is 21.6. The molecule has 2 aliphatic heterocycles. The Morgan fingerprint density at radius 2 is 1.02 bits per heavy atom. The van der Waals surface area contributed by atoms with Crippen molar-refractivity contribution in [3.8, 4) is 33.8 Å². The smallest absolute Gasteiger partial charge is 0.310 e. The number of carbonyl (C=O) groups is 4. The van der Waals surface area contributed by atoms with E-state index in [0.717, 1.165) is 11.1 Å². The lowest BCUT2D eigenvalue weighted by Crippen LogP contribution is -2.42. The summed E-state index contributed by atoms with van der Waals surface area (Å²) >= 11 is 16.2. The van der Waals surface area contributed by atoms with Gasteiger partial charge in [0.25, 0.3) is 0 Å². The van der Waals surface area contributed by atoms with E-state index >= 15 is 0 Å². The van der Waals surface area contributed by atoms with Gasteiger partial charge in [-0.25, -0.2) is 0 Å². The lowest BCUT2D eigenvalue weighted by molar-refractivity contribution is -0.152. The molecule has 4 aromatic carbocycles. The van der Waals surface area contributed by atoms with Crippen molar-refractivity contribution in [2.24, 2.45) is 11.8 Å². The van der Waals surface area contributed by atoms with Gasteiger partial charge in [0.1, 0.15) is 11.5 Å². The van der Waals surface area contributed by atoms with Crippen molar-refractivity contribution in [1.29, 1.82) is 0 Å². The fourth-order valence-corrected chi connectivity index (χ4v) is 9.62. The third kappa shape index (κ3) is 11.7. The lowest BCUT2D eigenvalue weighted by Gasteiger charge is -2.30. The second kappa shape index (κ2) is 22.9. The first-order valence-corrected chi connectivity index (χ1v) is 23.2. The van der Waals surface area contributed by atoms with Gasteiger partial charge in [0, 0.05) is 70.4 Å². The van der Waals surface area contributed by atoms with Crippen LogP contribution in [0.15, 0.2) is 94.7 Å². The van der Waals surface area contributed by atoms with Crippen molar-refractivity contribution in [2.75, 3.05) is 52.6 Å². The first kappa shape index (κ1) is 47.3. The topological polar surface area (TPSA) is 112 Å². The van der Waals surface area contributed by atoms with E-state index in [1.807, 2.05) is 86.6 Å². The normalized spacial score (nSPS) is 16.6. The van der Waals surface area contributed by atoms with Crippen LogP contribution >= 0.6 is 35.0 Å². The van der Waals surface area contributed by atoms with E-state index in [1.54, 1.807) is 35.8 Å². The molecule has 0 spiro atoms. The third-order valence-corrected chi connectivity index (χ3v) is 13.1. The Hall–Kier alpha value is -5.23. The van der Waals surface area contributed by atoms with Crippen LogP contribution in [-0.2, 0) is 28.7 Å². The van der Waals surface area contributed by atoms with Gasteiger partial charge in [-0.15, -0.1) is 0 Å². The van der Waals surface area contributed by atoms with Crippen LogP contribution in [0.3, 0.4) is 0 Å². The number of likely N-dealkylation sites (tertiary alicyclic amines) is 2. The van der Waals surface area contributed by atoms with Gasteiger partial charge in [0.05, 0.1) is 48.3 Å². The predicted octanol–water partition coefficient (Wildman–Crippen LogP) is 10.9. The van der Waals surface area contributed by atoms with Gasteiger partial charge in [0.2, 0.25) is 11.8 Å². The second-order valence-corrected chi connectivity index (χ2v) is 16.9. The number of piperidine rings is 2. The maximum absolute atomic E-state index is 13.6. The Kier molecular flexibility index (Phi) is 17.2. The average molecular weight is 914 g/mol. The summed E-state index contributed by atoms with van der Waals surface area (Å²) in [6.07, 6.45) is 9.35. The molecular weight excluding hydrogens is 860 g/mol. The minimum Gasteiger partial charge on any atom is -0.493 e. The highest BCUT2D eigenvalue weighted by Gasteiger charge is 2.30. The number of rotatable bonds is 16. The number of esters is 2. The Morgan fingerprint density at radius 1 is 0.603 bits per heavy atom. The molecule has 2 saturated heterocycles. The van der Waals surface area contributed by atoms with E-state index in [4.69, 9.17) is 42.1 Å². The molecule has 0 aliphatic carbocycles. The standard InChI is InChI=1S/C50H54Cl2N2O8S/c1-5-59-39-19-11-9-17-37(39)45-33(23-27-43(55)53-29-13-15-35(31-53)49(57)61-7-3)21-25-41(47(45)51)63-42-26-22-34(46(48(42)52)38-18-10-12-20-40(38)60-6-2)24-28-44(56)54-30-14-16-36(32-54)50(58)62-8-4/h9-12,17-28,35-36H,5-8,13-16,29-32H2,1-4H3/b27-23+,28-24+. The SMILES string of the molecule is CCOC(=O)C1CCCN(C(=O)/C=C/c2ccc(Sc3ccc(/C=C/C(=O)N4CCCC(C(=O)OCC)C4)c(-c4ccccc4OCC)c3Cl)c(Cl)c2-c2ccccc2OCC)C1. The fourth-order valence-electron chi connectivity index (χ4n) is 7.95. The maximum atomic E-state index is 13.6. The van der Waals surface area contributed by atoms with Crippen molar-refractivity contribution < 1.29 is 38.1 Å². The van der Waals surface area contributed by atoms with Gasteiger partial charge in [-0.1, -0.05) is 83.5 Å². The molecular formula is C50H54Cl2N2O8S.